The lowest BCUT2D eigenvalue weighted by Gasteiger charge is -2.42. The molecule has 2 aromatic carbocycles. The summed E-state index contributed by atoms with van der Waals surface area (Å²) in [5, 5.41) is 2.76. The van der Waals surface area contributed by atoms with Crippen molar-refractivity contribution in [3.8, 4) is 0 Å². The predicted molar refractivity (Wildman–Crippen MR) is 134 cm³/mol. The van der Waals surface area contributed by atoms with Gasteiger partial charge in [-0.05, 0) is 83.2 Å². The molecule has 0 saturated carbocycles. The molecule has 0 saturated heterocycles. The zero-order valence-corrected chi connectivity index (χ0v) is 19.6. The molecule has 0 N–H and O–H groups in total. The Morgan fingerprint density at radius 1 is 0.967 bits per heavy atom. The van der Waals surface area contributed by atoms with E-state index < -0.39 is 0 Å². The second-order valence-electron chi connectivity index (χ2n) is 8.00. The smallest absolute Gasteiger partial charge is 0.0249 e. The fourth-order valence-corrected chi connectivity index (χ4v) is 5.58. The molecule has 0 fully saturated rings. The van der Waals surface area contributed by atoms with E-state index in [-0.39, 0.29) is 5.41 Å². The van der Waals surface area contributed by atoms with E-state index in [0.717, 1.165) is 12.8 Å². The summed E-state index contributed by atoms with van der Waals surface area (Å²) < 4.78 is 0. The molecule has 0 heteroatoms. The van der Waals surface area contributed by atoms with Gasteiger partial charge in [0.1, 0.15) is 0 Å². The Balaban J connectivity index is 0.000000606. The van der Waals surface area contributed by atoms with Crippen LogP contribution in [0.4, 0.5) is 0 Å². The van der Waals surface area contributed by atoms with E-state index in [1.165, 1.54) is 47.6 Å². The topological polar surface area (TPSA) is 0 Å². The van der Waals surface area contributed by atoms with Crippen molar-refractivity contribution in [3.63, 3.8) is 0 Å². The van der Waals surface area contributed by atoms with Crippen LogP contribution in [-0.4, -0.2) is 0 Å². The normalized spacial score (nSPS) is 21.5. The Bertz CT molecular complexity index is 1010. The number of benzene rings is 2. The summed E-state index contributed by atoms with van der Waals surface area (Å²) in [6.45, 7) is 14.5. The maximum Gasteiger partial charge on any atom is 0.0249 e. The average molecular weight is 399 g/mol. The van der Waals surface area contributed by atoms with Gasteiger partial charge in [-0.2, -0.15) is 0 Å². The quantitative estimate of drug-likeness (QED) is 0.473. The Morgan fingerprint density at radius 3 is 2.30 bits per heavy atom. The van der Waals surface area contributed by atoms with Crippen LogP contribution in [0.3, 0.4) is 0 Å². The molecule has 0 nitrogen and oxygen atoms in total. The summed E-state index contributed by atoms with van der Waals surface area (Å²) in [7, 11) is 0. The van der Waals surface area contributed by atoms with Crippen molar-refractivity contribution < 1.29 is 0 Å². The number of allylic oxidation sites excluding steroid dienone is 7. The Labute approximate surface area is 184 Å². The summed E-state index contributed by atoms with van der Waals surface area (Å²) in [6.07, 6.45) is 14.2. The lowest BCUT2D eigenvalue weighted by Crippen LogP contribution is -2.32. The first-order chi connectivity index (χ1) is 14.8. The van der Waals surface area contributed by atoms with Crippen LogP contribution in [0.15, 0.2) is 83.5 Å². The van der Waals surface area contributed by atoms with E-state index in [1.54, 1.807) is 22.3 Å². The van der Waals surface area contributed by atoms with Gasteiger partial charge in [-0.15, -0.1) is 0 Å². The molecule has 3 aliphatic carbocycles. The first-order valence-corrected chi connectivity index (χ1v) is 12.0. The SMILES string of the molecule is C=CC1=C(CC)CC2(CCc3cc4ccccc4cc32)C2=CCCC=C21.CC.CC. The van der Waals surface area contributed by atoms with E-state index in [1.807, 2.05) is 27.7 Å². The second kappa shape index (κ2) is 9.65. The molecule has 2 aromatic rings. The first-order valence-electron chi connectivity index (χ1n) is 12.0. The van der Waals surface area contributed by atoms with E-state index in [4.69, 9.17) is 0 Å². The number of rotatable bonds is 2. The number of fused-ring (bicyclic) bond motifs is 5. The average Bonchev–Trinajstić information content (AvgIpc) is 3.18. The van der Waals surface area contributed by atoms with Gasteiger partial charge in [-0.1, -0.05) is 95.3 Å². The zero-order chi connectivity index (χ0) is 21.7. The van der Waals surface area contributed by atoms with Crippen LogP contribution in [0.1, 0.15) is 77.8 Å². The third-order valence-electron chi connectivity index (χ3n) is 6.79. The van der Waals surface area contributed by atoms with Crippen molar-refractivity contribution in [2.45, 2.75) is 78.6 Å². The molecule has 0 bridgehead atoms. The summed E-state index contributed by atoms with van der Waals surface area (Å²) in [6, 6.07) is 13.8. The molecule has 0 aromatic heterocycles. The van der Waals surface area contributed by atoms with Crippen LogP contribution in [0.5, 0.6) is 0 Å². The molecule has 30 heavy (non-hydrogen) atoms. The molecule has 1 unspecified atom stereocenters. The fourth-order valence-electron chi connectivity index (χ4n) is 5.58. The lowest BCUT2D eigenvalue weighted by atomic mass is 9.61. The van der Waals surface area contributed by atoms with Crippen molar-refractivity contribution in [1.29, 1.82) is 0 Å². The molecule has 1 spiro atoms. The molecule has 0 heterocycles. The monoisotopic (exact) mass is 398 g/mol. The lowest BCUT2D eigenvalue weighted by molar-refractivity contribution is 0.478. The van der Waals surface area contributed by atoms with Crippen LogP contribution < -0.4 is 0 Å². The molecule has 3 aliphatic rings. The van der Waals surface area contributed by atoms with Crippen molar-refractivity contribution in [3.05, 3.63) is 94.6 Å². The van der Waals surface area contributed by atoms with Crippen LogP contribution in [0.2, 0.25) is 0 Å². The van der Waals surface area contributed by atoms with Crippen LogP contribution >= 0.6 is 0 Å². The second-order valence-corrected chi connectivity index (χ2v) is 8.00. The summed E-state index contributed by atoms with van der Waals surface area (Å²) in [4.78, 5) is 0. The van der Waals surface area contributed by atoms with Gasteiger partial charge in [-0.3, -0.25) is 0 Å². The van der Waals surface area contributed by atoms with Gasteiger partial charge in [0.05, 0.1) is 0 Å². The number of aryl methyl sites for hydroxylation is 1. The number of hydrogen-bond acceptors (Lipinski definition) is 0. The van der Waals surface area contributed by atoms with E-state index in [0.29, 0.717) is 0 Å². The standard InChI is InChI=1S/C26H26.2C2H6/c1-3-18-17-26(24-12-8-7-11-23(24)22(18)4-2)14-13-21-15-19-9-5-6-10-20(19)16-25(21)26;2*1-2/h4-6,9-12,15-16H,2-3,7-8,13-14,17H2,1H3;2*1-2H3. The molecule has 0 radical (unpaired) electrons. The molecular weight excluding hydrogens is 360 g/mol. The Morgan fingerprint density at radius 2 is 1.63 bits per heavy atom. The highest BCUT2D eigenvalue weighted by Crippen LogP contribution is 2.57. The van der Waals surface area contributed by atoms with Gasteiger partial charge in [0, 0.05) is 5.41 Å². The minimum atomic E-state index is 0.184. The third kappa shape index (κ3) is 3.51. The van der Waals surface area contributed by atoms with Gasteiger partial charge >= 0.3 is 0 Å². The molecular formula is C30H38. The van der Waals surface area contributed by atoms with E-state index in [2.05, 4.69) is 68.1 Å². The Hall–Kier alpha value is -2.34. The number of hydrogen-bond donors (Lipinski definition) is 0. The third-order valence-corrected chi connectivity index (χ3v) is 6.79. The van der Waals surface area contributed by atoms with Gasteiger partial charge in [0.25, 0.3) is 0 Å². The largest absolute Gasteiger partial charge is 0.0984 e. The van der Waals surface area contributed by atoms with Gasteiger partial charge in [0.2, 0.25) is 0 Å². The van der Waals surface area contributed by atoms with Crippen molar-refractivity contribution >= 4 is 10.8 Å². The van der Waals surface area contributed by atoms with Crippen LogP contribution in [0, 0.1) is 0 Å². The minimum absolute atomic E-state index is 0.184. The summed E-state index contributed by atoms with van der Waals surface area (Å²) in [5.41, 5.74) is 9.41. The summed E-state index contributed by atoms with van der Waals surface area (Å²) >= 11 is 0. The zero-order valence-electron chi connectivity index (χ0n) is 19.6. The van der Waals surface area contributed by atoms with E-state index >= 15 is 0 Å². The predicted octanol–water partition coefficient (Wildman–Crippen LogP) is 9.02. The van der Waals surface area contributed by atoms with Gasteiger partial charge in [0.15, 0.2) is 0 Å². The summed E-state index contributed by atoms with van der Waals surface area (Å²) in [5.74, 6) is 0. The van der Waals surface area contributed by atoms with Crippen molar-refractivity contribution in [1.82, 2.24) is 0 Å². The van der Waals surface area contributed by atoms with Crippen molar-refractivity contribution in [2.24, 2.45) is 0 Å². The molecule has 0 amide bonds. The Kier molecular flexibility index (Phi) is 7.19. The first kappa shape index (κ1) is 22.3. The molecule has 158 valence electrons. The molecule has 1 atom stereocenters. The highest BCUT2D eigenvalue weighted by molar-refractivity contribution is 5.85. The maximum absolute atomic E-state index is 4.15. The molecule has 0 aliphatic heterocycles. The maximum atomic E-state index is 4.15. The minimum Gasteiger partial charge on any atom is -0.0984 e. The molecule has 5 rings (SSSR count). The van der Waals surface area contributed by atoms with Crippen molar-refractivity contribution in [2.75, 3.05) is 0 Å². The van der Waals surface area contributed by atoms with Gasteiger partial charge in [-0.25, -0.2) is 0 Å². The fraction of sp³-hybridized carbons (Fsp3) is 0.400. The highest BCUT2D eigenvalue weighted by atomic mass is 14.5. The van der Waals surface area contributed by atoms with Crippen LogP contribution in [-0.2, 0) is 11.8 Å². The highest BCUT2D eigenvalue weighted by Gasteiger charge is 2.46. The van der Waals surface area contributed by atoms with Crippen LogP contribution in [0.25, 0.3) is 10.8 Å². The van der Waals surface area contributed by atoms with Gasteiger partial charge < -0.3 is 0 Å². The van der Waals surface area contributed by atoms with E-state index in [9.17, 15) is 0 Å².